The summed E-state index contributed by atoms with van der Waals surface area (Å²) >= 11 is 0. The number of hydrogen-bond acceptors (Lipinski definition) is 0. The minimum absolute atomic E-state index is 0.477. The first-order chi connectivity index (χ1) is 9.66. The highest BCUT2D eigenvalue weighted by Crippen LogP contribution is 2.45. The van der Waals surface area contributed by atoms with Crippen LogP contribution in [0.2, 0.25) is 0 Å². The molecular formula is C21H42. The van der Waals surface area contributed by atoms with Crippen molar-refractivity contribution in [3.8, 4) is 0 Å². The van der Waals surface area contributed by atoms with E-state index in [-0.39, 0.29) is 0 Å². The van der Waals surface area contributed by atoms with Crippen LogP contribution in [0, 0.1) is 40.9 Å². The summed E-state index contributed by atoms with van der Waals surface area (Å²) in [5.41, 5.74) is 0.477. The minimum atomic E-state index is 0.477. The Morgan fingerprint density at radius 3 is 1.95 bits per heavy atom. The normalized spacial score (nSPS) is 39.6. The van der Waals surface area contributed by atoms with Gasteiger partial charge in [-0.3, -0.25) is 0 Å². The Bertz CT molecular complexity index is 288. The Hall–Kier alpha value is 0. The van der Waals surface area contributed by atoms with E-state index in [1.165, 1.54) is 38.5 Å². The summed E-state index contributed by atoms with van der Waals surface area (Å²) in [4.78, 5) is 0. The third-order valence-electron chi connectivity index (χ3n) is 7.05. The monoisotopic (exact) mass is 294 g/mol. The highest BCUT2D eigenvalue weighted by Gasteiger charge is 2.37. The molecule has 126 valence electrons. The quantitative estimate of drug-likeness (QED) is 0.480. The first-order valence-corrected chi connectivity index (χ1v) is 9.66. The van der Waals surface area contributed by atoms with Gasteiger partial charge in [0.1, 0.15) is 0 Å². The number of hydrogen-bond donors (Lipinski definition) is 0. The molecule has 0 nitrogen and oxygen atoms in total. The predicted molar refractivity (Wildman–Crippen MR) is 96.5 cm³/mol. The van der Waals surface area contributed by atoms with Gasteiger partial charge in [-0.1, -0.05) is 81.1 Å². The summed E-state index contributed by atoms with van der Waals surface area (Å²) in [6.07, 6.45) is 8.58. The highest BCUT2D eigenvalue weighted by molar-refractivity contribution is 4.86. The van der Waals surface area contributed by atoms with Gasteiger partial charge in [0.15, 0.2) is 0 Å². The van der Waals surface area contributed by atoms with E-state index in [1.54, 1.807) is 0 Å². The van der Waals surface area contributed by atoms with E-state index in [0.29, 0.717) is 5.41 Å². The SMILES string of the molecule is CC1CCCC(C)C(C)CCC(C(C)C)C(C)(C)C(C)C1. The Morgan fingerprint density at radius 1 is 0.810 bits per heavy atom. The van der Waals surface area contributed by atoms with Gasteiger partial charge in [-0.2, -0.15) is 0 Å². The van der Waals surface area contributed by atoms with Crippen molar-refractivity contribution in [1.29, 1.82) is 0 Å². The van der Waals surface area contributed by atoms with E-state index < -0.39 is 0 Å². The van der Waals surface area contributed by atoms with Crippen molar-refractivity contribution in [3.63, 3.8) is 0 Å². The van der Waals surface area contributed by atoms with E-state index in [4.69, 9.17) is 0 Å². The lowest BCUT2D eigenvalue weighted by molar-refractivity contribution is 0.0571. The van der Waals surface area contributed by atoms with Crippen LogP contribution in [-0.4, -0.2) is 0 Å². The molecule has 1 aliphatic carbocycles. The van der Waals surface area contributed by atoms with E-state index in [1.807, 2.05) is 0 Å². The van der Waals surface area contributed by atoms with E-state index in [0.717, 1.165) is 35.5 Å². The molecule has 0 spiro atoms. The molecule has 0 saturated heterocycles. The molecule has 0 heterocycles. The highest BCUT2D eigenvalue weighted by atomic mass is 14.4. The van der Waals surface area contributed by atoms with E-state index in [9.17, 15) is 0 Å². The van der Waals surface area contributed by atoms with E-state index >= 15 is 0 Å². The lowest BCUT2D eigenvalue weighted by atomic mass is 9.61. The third kappa shape index (κ3) is 5.29. The van der Waals surface area contributed by atoms with Gasteiger partial charge in [0.05, 0.1) is 0 Å². The Balaban J connectivity index is 2.91. The molecule has 5 unspecified atom stereocenters. The fourth-order valence-electron chi connectivity index (χ4n) is 4.75. The van der Waals surface area contributed by atoms with Crippen LogP contribution >= 0.6 is 0 Å². The van der Waals surface area contributed by atoms with Crippen molar-refractivity contribution < 1.29 is 0 Å². The Morgan fingerprint density at radius 2 is 1.38 bits per heavy atom. The molecule has 1 rings (SSSR count). The Labute approximate surface area is 135 Å². The summed E-state index contributed by atoms with van der Waals surface area (Å²) in [7, 11) is 0. The molecule has 1 aliphatic rings. The van der Waals surface area contributed by atoms with Gasteiger partial charge in [-0.25, -0.2) is 0 Å². The van der Waals surface area contributed by atoms with Crippen LogP contribution in [0.25, 0.3) is 0 Å². The summed E-state index contributed by atoms with van der Waals surface area (Å²) in [5, 5.41) is 0. The standard InChI is InChI=1S/C21H42/c1-15(2)20-13-12-18(5)17(4)11-9-10-16(3)14-19(6)21(20,7)8/h15-20H,9-14H2,1-8H3. The summed E-state index contributed by atoms with van der Waals surface area (Å²) in [6, 6.07) is 0. The lowest BCUT2D eigenvalue weighted by Gasteiger charge is -2.44. The van der Waals surface area contributed by atoms with Crippen LogP contribution in [0.5, 0.6) is 0 Å². The van der Waals surface area contributed by atoms with Crippen molar-refractivity contribution in [2.75, 3.05) is 0 Å². The Kier molecular flexibility index (Phi) is 7.28. The maximum Gasteiger partial charge on any atom is -0.0298 e. The first-order valence-electron chi connectivity index (χ1n) is 9.66. The topological polar surface area (TPSA) is 0 Å². The van der Waals surface area contributed by atoms with Crippen LogP contribution < -0.4 is 0 Å². The molecule has 0 aromatic carbocycles. The zero-order valence-corrected chi connectivity index (χ0v) is 16.2. The maximum atomic E-state index is 2.55. The van der Waals surface area contributed by atoms with Crippen LogP contribution in [0.15, 0.2) is 0 Å². The average Bonchev–Trinajstić information content (AvgIpc) is 2.36. The van der Waals surface area contributed by atoms with Gasteiger partial charge in [-0.15, -0.1) is 0 Å². The maximum absolute atomic E-state index is 2.55. The molecule has 0 amide bonds. The molecule has 0 bridgehead atoms. The molecule has 0 aromatic rings. The van der Waals surface area contributed by atoms with Gasteiger partial charge in [-0.05, 0) is 53.8 Å². The summed E-state index contributed by atoms with van der Waals surface area (Å²) in [5.74, 6) is 5.22. The van der Waals surface area contributed by atoms with Crippen LogP contribution in [0.4, 0.5) is 0 Å². The van der Waals surface area contributed by atoms with Crippen LogP contribution in [0.1, 0.15) is 93.9 Å². The molecule has 0 N–H and O–H groups in total. The van der Waals surface area contributed by atoms with E-state index in [2.05, 4.69) is 55.4 Å². The molecule has 1 fully saturated rings. The molecule has 21 heavy (non-hydrogen) atoms. The zero-order valence-electron chi connectivity index (χ0n) is 16.2. The van der Waals surface area contributed by atoms with Gasteiger partial charge in [0.2, 0.25) is 0 Å². The molecule has 5 atom stereocenters. The molecular weight excluding hydrogens is 252 g/mol. The molecule has 0 aliphatic heterocycles. The van der Waals surface area contributed by atoms with Crippen molar-refractivity contribution in [3.05, 3.63) is 0 Å². The summed E-state index contributed by atoms with van der Waals surface area (Å²) in [6.45, 7) is 20.0. The van der Waals surface area contributed by atoms with Crippen molar-refractivity contribution >= 4 is 0 Å². The second-order valence-electron chi connectivity index (χ2n) is 9.38. The smallest absolute Gasteiger partial charge is 0.0298 e. The van der Waals surface area contributed by atoms with Crippen molar-refractivity contribution in [1.82, 2.24) is 0 Å². The van der Waals surface area contributed by atoms with Gasteiger partial charge >= 0.3 is 0 Å². The number of rotatable bonds is 1. The minimum Gasteiger partial charge on any atom is -0.0625 e. The second kappa shape index (κ2) is 8.02. The van der Waals surface area contributed by atoms with Crippen LogP contribution in [-0.2, 0) is 0 Å². The third-order valence-corrected chi connectivity index (χ3v) is 7.05. The summed E-state index contributed by atoms with van der Waals surface area (Å²) < 4.78 is 0. The predicted octanol–water partition coefficient (Wildman–Crippen LogP) is 7.18. The van der Waals surface area contributed by atoms with Gasteiger partial charge in [0, 0.05) is 0 Å². The molecule has 0 aromatic heterocycles. The lowest BCUT2D eigenvalue weighted by Crippen LogP contribution is -2.36. The molecule has 0 radical (unpaired) electrons. The largest absolute Gasteiger partial charge is 0.0625 e. The van der Waals surface area contributed by atoms with Gasteiger partial charge in [0.25, 0.3) is 0 Å². The van der Waals surface area contributed by atoms with Crippen molar-refractivity contribution in [2.45, 2.75) is 93.9 Å². The second-order valence-corrected chi connectivity index (χ2v) is 9.38. The zero-order chi connectivity index (χ0) is 16.2. The first kappa shape index (κ1) is 19.0. The average molecular weight is 295 g/mol. The molecule has 1 saturated carbocycles. The molecule has 0 heteroatoms. The van der Waals surface area contributed by atoms with Crippen LogP contribution in [0.3, 0.4) is 0 Å². The fraction of sp³-hybridized carbons (Fsp3) is 1.00. The van der Waals surface area contributed by atoms with Gasteiger partial charge < -0.3 is 0 Å². The fourth-order valence-corrected chi connectivity index (χ4v) is 4.75. The van der Waals surface area contributed by atoms with Crippen molar-refractivity contribution in [2.24, 2.45) is 40.9 Å².